The Labute approximate surface area is 202 Å². The first-order chi connectivity index (χ1) is 16.0. The van der Waals surface area contributed by atoms with Gasteiger partial charge in [0.05, 0.1) is 30.0 Å². The Hall–Kier alpha value is -1.93. The summed E-state index contributed by atoms with van der Waals surface area (Å²) in [6.45, 7) is 10.7. The number of ether oxygens (including phenoxy) is 1. The van der Waals surface area contributed by atoms with Crippen LogP contribution in [0.1, 0.15) is 83.5 Å². The number of hydrogen-bond donors (Lipinski definition) is 4. The van der Waals surface area contributed by atoms with E-state index in [2.05, 4.69) is 32.9 Å². The van der Waals surface area contributed by atoms with Crippen LogP contribution >= 0.6 is 0 Å². The average molecular weight is 476 g/mol. The van der Waals surface area contributed by atoms with Crippen molar-refractivity contribution in [3.05, 3.63) is 51.0 Å². The zero-order chi connectivity index (χ0) is 25.3. The molecule has 7 heteroatoms. The molecule has 4 N–H and O–H groups in total. The number of hydrogen-bond acceptors (Lipinski definition) is 6. The van der Waals surface area contributed by atoms with Gasteiger partial charge in [-0.25, -0.2) is 0 Å². The lowest BCUT2D eigenvalue weighted by Crippen LogP contribution is -2.32. The molecule has 0 aromatic carbocycles. The van der Waals surface area contributed by atoms with Crippen molar-refractivity contribution >= 4 is 0 Å². The molecule has 1 aliphatic carbocycles. The number of aromatic hydroxyl groups is 1. The maximum atomic E-state index is 13.1. The van der Waals surface area contributed by atoms with Crippen LogP contribution in [-0.2, 0) is 11.8 Å². The van der Waals surface area contributed by atoms with Gasteiger partial charge in [-0.15, -0.1) is 0 Å². The summed E-state index contributed by atoms with van der Waals surface area (Å²) in [6, 6.07) is 0. The van der Waals surface area contributed by atoms with E-state index in [0.29, 0.717) is 23.8 Å². The normalized spacial score (nSPS) is 31.9. The molecule has 1 aromatic heterocycles. The monoisotopic (exact) mass is 475 g/mol. The molecule has 1 aliphatic heterocycles. The highest BCUT2D eigenvalue weighted by molar-refractivity contribution is 5.44. The molecule has 8 atom stereocenters. The lowest BCUT2D eigenvalue weighted by Gasteiger charge is -2.32. The molecule has 3 rings (SSSR count). The van der Waals surface area contributed by atoms with Gasteiger partial charge in [-0.3, -0.25) is 4.79 Å². The number of aliphatic hydroxyl groups excluding tert-OH is 3. The summed E-state index contributed by atoms with van der Waals surface area (Å²) >= 11 is 0. The summed E-state index contributed by atoms with van der Waals surface area (Å²) in [5.74, 6) is 0.131. The lowest BCUT2D eigenvalue weighted by molar-refractivity contribution is -0.0211. The molecule has 0 amide bonds. The standard InChI is InChI=1S/C27H41NO6/c1-7-14(2)10-15(3)11-17(5)26-16(4)8-9-21(34-26)22-23(30)19(13-28(6)27(22)33)18-12-20(29)25(32)24(18)31/h8,11,13-15,18,20-21,24-26,29-32H,7,9-10,12H2,1-6H3. The fraction of sp³-hybridized carbons (Fsp3) is 0.667. The van der Waals surface area contributed by atoms with E-state index < -0.39 is 30.3 Å². The Kier molecular flexibility index (Phi) is 8.45. The van der Waals surface area contributed by atoms with Crippen molar-refractivity contribution in [1.29, 1.82) is 0 Å². The Morgan fingerprint density at radius 1 is 1.26 bits per heavy atom. The van der Waals surface area contributed by atoms with Gasteiger partial charge in [-0.1, -0.05) is 39.3 Å². The van der Waals surface area contributed by atoms with Gasteiger partial charge >= 0.3 is 0 Å². The topological polar surface area (TPSA) is 112 Å². The predicted molar refractivity (Wildman–Crippen MR) is 132 cm³/mol. The highest BCUT2D eigenvalue weighted by atomic mass is 16.5. The number of aryl methyl sites for hydroxylation is 1. The molecule has 0 radical (unpaired) electrons. The molecule has 0 spiro atoms. The van der Waals surface area contributed by atoms with Crippen LogP contribution in [0.2, 0.25) is 0 Å². The van der Waals surface area contributed by atoms with Gasteiger partial charge in [0, 0.05) is 24.7 Å². The summed E-state index contributed by atoms with van der Waals surface area (Å²) in [7, 11) is 1.59. The molecule has 1 aromatic rings. The Morgan fingerprint density at radius 2 is 1.94 bits per heavy atom. The van der Waals surface area contributed by atoms with Crippen LogP contribution in [0.25, 0.3) is 0 Å². The zero-order valence-electron chi connectivity index (χ0n) is 21.2. The fourth-order valence-electron chi connectivity index (χ4n) is 5.44. The van der Waals surface area contributed by atoms with Crippen LogP contribution in [0.4, 0.5) is 0 Å². The first kappa shape index (κ1) is 26.7. The predicted octanol–water partition coefficient (Wildman–Crippen LogP) is 3.46. The van der Waals surface area contributed by atoms with Crippen LogP contribution in [0.5, 0.6) is 5.75 Å². The SMILES string of the molecule is CCC(C)CC(C)C=C(C)C1OC(c2c(O)c(C3CC(O)C(O)C3O)cn(C)c2=O)CC=C1C. The molecule has 2 heterocycles. The maximum Gasteiger partial charge on any atom is 0.259 e. The van der Waals surface area contributed by atoms with Gasteiger partial charge < -0.3 is 29.7 Å². The van der Waals surface area contributed by atoms with E-state index in [4.69, 9.17) is 4.74 Å². The highest BCUT2D eigenvalue weighted by Crippen LogP contribution is 2.43. The van der Waals surface area contributed by atoms with E-state index in [1.54, 1.807) is 7.05 Å². The second kappa shape index (κ2) is 10.8. The minimum absolute atomic E-state index is 0.0939. The minimum atomic E-state index is -1.30. The lowest BCUT2D eigenvalue weighted by atomic mass is 9.89. The third-order valence-electron chi connectivity index (χ3n) is 7.59. The summed E-state index contributed by atoms with van der Waals surface area (Å²) in [5.41, 5.74) is 2.28. The molecular weight excluding hydrogens is 434 g/mol. The Morgan fingerprint density at radius 3 is 2.53 bits per heavy atom. The molecule has 0 bridgehead atoms. The van der Waals surface area contributed by atoms with E-state index in [1.807, 2.05) is 13.8 Å². The largest absolute Gasteiger partial charge is 0.507 e. The van der Waals surface area contributed by atoms with E-state index in [1.165, 1.54) is 10.8 Å². The first-order valence-corrected chi connectivity index (χ1v) is 12.4. The second-order valence-corrected chi connectivity index (χ2v) is 10.5. The van der Waals surface area contributed by atoms with Gasteiger partial charge in [-0.05, 0) is 56.1 Å². The van der Waals surface area contributed by atoms with Gasteiger partial charge in [-0.2, -0.15) is 0 Å². The van der Waals surface area contributed by atoms with Crippen molar-refractivity contribution < 1.29 is 25.2 Å². The molecule has 1 fully saturated rings. The molecule has 1 saturated carbocycles. The van der Waals surface area contributed by atoms with Crippen LogP contribution in [0, 0.1) is 11.8 Å². The number of aliphatic hydroxyl groups is 3. The van der Waals surface area contributed by atoms with Crippen molar-refractivity contribution in [2.24, 2.45) is 18.9 Å². The van der Waals surface area contributed by atoms with Gasteiger partial charge in [0.1, 0.15) is 11.9 Å². The quantitative estimate of drug-likeness (QED) is 0.450. The van der Waals surface area contributed by atoms with Gasteiger partial charge in [0.2, 0.25) is 0 Å². The highest BCUT2D eigenvalue weighted by Gasteiger charge is 2.43. The Balaban J connectivity index is 1.93. The molecule has 34 heavy (non-hydrogen) atoms. The van der Waals surface area contributed by atoms with Crippen molar-refractivity contribution in [2.45, 2.75) is 96.7 Å². The number of nitrogens with zero attached hydrogens (tertiary/aromatic N) is 1. The number of allylic oxidation sites excluding steroid dienone is 1. The van der Waals surface area contributed by atoms with E-state index in [-0.39, 0.29) is 29.4 Å². The summed E-state index contributed by atoms with van der Waals surface area (Å²) in [6.07, 6.45) is 4.00. The molecule has 0 saturated heterocycles. The number of aromatic nitrogens is 1. The van der Waals surface area contributed by atoms with Gasteiger partial charge in [0.25, 0.3) is 5.56 Å². The summed E-state index contributed by atoms with van der Waals surface area (Å²) < 4.78 is 7.78. The molecule has 8 unspecified atom stereocenters. The third-order valence-corrected chi connectivity index (χ3v) is 7.59. The van der Waals surface area contributed by atoms with Crippen LogP contribution < -0.4 is 5.56 Å². The van der Waals surface area contributed by atoms with Crippen molar-refractivity contribution in [2.75, 3.05) is 0 Å². The average Bonchev–Trinajstić information content (AvgIpc) is 3.04. The second-order valence-electron chi connectivity index (χ2n) is 10.5. The number of rotatable bonds is 7. The smallest absolute Gasteiger partial charge is 0.259 e. The van der Waals surface area contributed by atoms with Crippen LogP contribution in [0.15, 0.2) is 34.3 Å². The van der Waals surface area contributed by atoms with E-state index >= 15 is 0 Å². The number of pyridine rings is 1. The van der Waals surface area contributed by atoms with Crippen LogP contribution in [0.3, 0.4) is 0 Å². The maximum absolute atomic E-state index is 13.1. The van der Waals surface area contributed by atoms with Crippen LogP contribution in [-0.4, -0.2) is 49.4 Å². The molecule has 190 valence electrons. The minimum Gasteiger partial charge on any atom is -0.507 e. The van der Waals surface area contributed by atoms with Crippen molar-refractivity contribution in [1.82, 2.24) is 4.57 Å². The van der Waals surface area contributed by atoms with E-state index in [0.717, 1.165) is 24.0 Å². The summed E-state index contributed by atoms with van der Waals surface area (Å²) in [4.78, 5) is 13.1. The summed E-state index contributed by atoms with van der Waals surface area (Å²) in [5, 5.41) is 41.6. The third kappa shape index (κ3) is 5.33. The van der Waals surface area contributed by atoms with E-state index in [9.17, 15) is 25.2 Å². The fourth-order valence-corrected chi connectivity index (χ4v) is 5.44. The molecule has 7 nitrogen and oxygen atoms in total. The van der Waals surface area contributed by atoms with Crippen molar-refractivity contribution in [3.8, 4) is 5.75 Å². The van der Waals surface area contributed by atoms with Gasteiger partial charge in [0.15, 0.2) is 0 Å². The Bertz CT molecular complexity index is 996. The molecular formula is C27H41NO6. The van der Waals surface area contributed by atoms with Crippen molar-refractivity contribution in [3.63, 3.8) is 0 Å². The zero-order valence-corrected chi connectivity index (χ0v) is 21.2. The first-order valence-electron chi connectivity index (χ1n) is 12.4. The molecule has 2 aliphatic rings.